The van der Waals surface area contributed by atoms with Gasteiger partial charge >= 0.3 is 0 Å². The molecule has 1 aliphatic heterocycles. The van der Waals surface area contributed by atoms with Crippen LogP contribution in [0, 0.1) is 5.92 Å². The van der Waals surface area contributed by atoms with E-state index in [0.29, 0.717) is 34.1 Å². The lowest BCUT2D eigenvalue weighted by molar-refractivity contribution is 0.0683. The van der Waals surface area contributed by atoms with Crippen LogP contribution in [0.5, 0.6) is 5.75 Å². The minimum absolute atomic E-state index is 0.0158. The van der Waals surface area contributed by atoms with Gasteiger partial charge in [-0.25, -0.2) is 4.98 Å². The second kappa shape index (κ2) is 7.79. The van der Waals surface area contributed by atoms with Crippen molar-refractivity contribution < 1.29 is 9.53 Å². The summed E-state index contributed by atoms with van der Waals surface area (Å²) in [5, 5.41) is 0.865. The zero-order valence-electron chi connectivity index (χ0n) is 19.8. The molecule has 0 radical (unpaired) electrons. The number of imidazole rings is 1. The first-order valence-electron chi connectivity index (χ1n) is 11.3. The lowest BCUT2D eigenvalue weighted by Gasteiger charge is -2.31. The van der Waals surface area contributed by atoms with E-state index in [9.17, 15) is 9.59 Å². The van der Waals surface area contributed by atoms with Gasteiger partial charge in [-0.3, -0.25) is 9.59 Å². The van der Waals surface area contributed by atoms with E-state index < -0.39 is 0 Å². The van der Waals surface area contributed by atoms with E-state index in [-0.39, 0.29) is 11.5 Å². The van der Waals surface area contributed by atoms with Gasteiger partial charge in [-0.1, -0.05) is 6.92 Å². The molecule has 1 saturated heterocycles. The fourth-order valence-electron chi connectivity index (χ4n) is 5.04. The number of amides is 1. The maximum Gasteiger partial charge on any atom is 0.274 e. The second-order valence-corrected chi connectivity index (χ2v) is 9.16. The molecule has 4 heterocycles. The largest absolute Gasteiger partial charge is 0.494 e. The highest BCUT2D eigenvalue weighted by molar-refractivity contribution is 6.00. The number of likely N-dealkylation sites (tertiary alicyclic amines) is 1. The Morgan fingerprint density at radius 1 is 1.12 bits per heavy atom. The number of ether oxygens (including phenoxy) is 1. The van der Waals surface area contributed by atoms with Gasteiger partial charge in [0.25, 0.3) is 11.5 Å². The van der Waals surface area contributed by atoms with Crippen LogP contribution >= 0.6 is 0 Å². The van der Waals surface area contributed by atoms with Crippen molar-refractivity contribution >= 4 is 27.8 Å². The minimum Gasteiger partial charge on any atom is -0.494 e. The van der Waals surface area contributed by atoms with E-state index in [2.05, 4.69) is 6.92 Å². The van der Waals surface area contributed by atoms with E-state index in [0.717, 1.165) is 42.5 Å². The number of aryl methyl sites for hydroxylation is 3. The monoisotopic (exact) mass is 447 g/mol. The molecule has 1 amide bonds. The molecule has 0 spiro atoms. The third-order valence-corrected chi connectivity index (χ3v) is 6.84. The number of carbonyl (C=O) groups excluding carboxylic acids is 1. The number of aromatic nitrogens is 4. The number of rotatable bonds is 3. The Labute approximate surface area is 192 Å². The van der Waals surface area contributed by atoms with Crippen molar-refractivity contribution in [2.24, 2.45) is 27.1 Å². The van der Waals surface area contributed by atoms with Crippen molar-refractivity contribution in [3.05, 3.63) is 46.4 Å². The topological polar surface area (TPSA) is 74.3 Å². The van der Waals surface area contributed by atoms with Gasteiger partial charge in [0, 0.05) is 51.4 Å². The molecule has 0 aliphatic carbocycles. The van der Waals surface area contributed by atoms with Crippen LogP contribution in [0.3, 0.4) is 0 Å². The molecule has 0 saturated carbocycles. The van der Waals surface area contributed by atoms with Crippen LogP contribution in [0.15, 0.2) is 35.3 Å². The summed E-state index contributed by atoms with van der Waals surface area (Å²) in [6, 6.07) is 7.57. The molecule has 3 aromatic heterocycles. The van der Waals surface area contributed by atoms with Crippen molar-refractivity contribution in [3.8, 4) is 17.3 Å². The van der Waals surface area contributed by atoms with Crippen LogP contribution < -0.4 is 10.3 Å². The number of methoxy groups -OCH3 is 1. The van der Waals surface area contributed by atoms with E-state index in [1.165, 1.54) is 0 Å². The average Bonchev–Trinajstić information content (AvgIpc) is 3.32. The molecule has 0 bridgehead atoms. The van der Waals surface area contributed by atoms with Crippen LogP contribution in [0.25, 0.3) is 33.5 Å². The SMILES string of the molecule is COc1cc(C(=O)N2CCC[C@@H](C)C2)cc2nc(-c3cc4ccn(C)c(=O)c4n3C)n(C)c12. The van der Waals surface area contributed by atoms with Gasteiger partial charge in [-0.2, -0.15) is 0 Å². The number of carbonyl (C=O) groups is 1. The number of hydrogen-bond acceptors (Lipinski definition) is 4. The van der Waals surface area contributed by atoms with Gasteiger partial charge in [0.1, 0.15) is 16.8 Å². The molecule has 0 N–H and O–H groups in total. The molecular weight excluding hydrogens is 418 g/mol. The summed E-state index contributed by atoms with van der Waals surface area (Å²) in [7, 11) is 7.16. The van der Waals surface area contributed by atoms with Crippen LogP contribution in [0.4, 0.5) is 0 Å². The Hall–Kier alpha value is -3.55. The molecule has 8 heteroatoms. The lowest BCUT2D eigenvalue weighted by atomic mass is 9.99. The first-order chi connectivity index (χ1) is 15.8. The fourth-order valence-corrected chi connectivity index (χ4v) is 5.04. The van der Waals surface area contributed by atoms with Crippen LogP contribution in [-0.2, 0) is 21.1 Å². The normalized spacial score (nSPS) is 16.6. The van der Waals surface area contributed by atoms with Gasteiger partial charge in [0.15, 0.2) is 5.82 Å². The van der Waals surface area contributed by atoms with E-state index in [1.807, 2.05) is 52.4 Å². The molecule has 1 fully saturated rings. The molecule has 0 unspecified atom stereocenters. The number of pyridine rings is 1. The predicted octanol–water partition coefficient (Wildman–Crippen LogP) is 3.31. The fraction of sp³-hybridized carbons (Fsp3) is 0.400. The summed E-state index contributed by atoms with van der Waals surface area (Å²) in [6.45, 7) is 3.74. The van der Waals surface area contributed by atoms with E-state index in [1.54, 1.807) is 24.9 Å². The van der Waals surface area contributed by atoms with Crippen molar-refractivity contribution in [2.45, 2.75) is 19.8 Å². The maximum absolute atomic E-state index is 13.3. The second-order valence-electron chi connectivity index (χ2n) is 9.16. The molecule has 1 atom stereocenters. The molecular formula is C25H29N5O3. The number of hydrogen-bond donors (Lipinski definition) is 0. The van der Waals surface area contributed by atoms with E-state index >= 15 is 0 Å². The summed E-state index contributed by atoms with van der Waals surface area (Å²) < 4.78 is 11.1. The maximum atomic E-state index is 13.3. The summed E-state index contributed by atoms with van der Waals surface area (Å²) in [6.07, 6.45) is 3.95. The number of nitrogens with zero attached hydrogens (tertiary/aromatic N) is 5. The van der Waals surface area contributed by atoms with Crippen molar-refractivity contribution in [1.29, 1.82) is 0 Å². The molecule has 4 aromatic rings. The summed E-state index contributed by atoms with van der Waals surface area (Å²) in [4.78, 5) is 32.8. The van der Waals surface area contributed by atoms with Crippen molar-refractivity contribution in [1.82, 2.24) is 23.6 Å². The Morgan fingerprint density at radius 3 is 2.64 bits per heavy atom. The highest BCUT2D eigenvalue weighted by Gasteiger charge is 2.25. The molecule has 1 aromatic carbocycles. The van der Waals surface area contributed by atoms with Gasteiger partial charge < -0.3 is 23.3 Å². The number of benzene rings is 1. The summed E-state index contributed by atoms with van der Waals surface area (Å²) in [5.41, 5.74) is 3.49. The number of fused-ring (bicyclic) bond motifs is 2. The summed E-state index contributed by atoms with van der Waals surface area (Å²) >= 11 is 0. The van der Waals surface area contributed by atoms with Crippen LogP contribution in [0.2, 0.25) is 0 Å². The molecule has 5 rings (SSSR count). The Bertz CT molecular complexity index is 1460. The molecule has 172 valence electrons. The lowest BCUT2D eigenvalue weighted by Crippen LogP contribution is -2.39. The van der Waals surface area contributed by atoms with Gasteiger partial charge in [-0.05, 0) is 43.0 Å². The first kappa shape index (κ1) is 21.3. The quantitative estimate of drug-likeness (QED) is 0.483. The summed E-state index contributed by atoms with van der Waals surface area (Å²) in [5.74, 6) is 1.84. The molecule has 1 aliphatic rings. The van der Waals surface area contributed by atoms with Crippen LogP contribution in [-0.4, -0.2) is 49.7 Å². The molecule has 8 nitrogen and oxygen atoms in total. The highest BCUT2D eigenvalue weighted by Crippen LogP contribution is 2.33. The third-order valence-electron chi connectivity index (χ3n) is 6.84. The first-order valence-corrected chi connectivity index (χ1v) is 11.3. The van der Waals surface area contributed by atoms with Crippen molar-refractivity contribution in [3.63, 3.8) is 0 Å². The minimum atomic E-state index is -0.0544. The zero-order chi connectivity index (χ0) is 23.4. The van der Waals surface area contributed by atoms with E-state index in [4.69, 9.17) is 9.72 Å². The Morgan fingerprint density at radius 2 is 1.91 bits per heavy atom. The highest BCUT2D eigenvalue weighted by atomic mass is 16.5. The standard InChI is InChI=1S/C25H29N5O3/c1-15-7-6-9-30(14-15)24(31)17-11-18-22(20(13-17)33-5)29(4)23(26-18)19-12-16-8-10-27(2)25(32)21(16)28(19)3/h8,10-13,15H,6-7,9,14H2,1-5H3/t15-/m1/s1. The molecule has 33 heavy (non-hydrogen) atoms. The van der Waals surface area contributed by atoms with Crippen molar-refractivity contribution in [2.75, 3.05) is 20.2 Å². The van der Waals surface area contributed by atoms with Gasteiger partial charge in [-0.15, -0.1) is 0 Å². The zero-order valence-corrected chi connectivity index (χ0v) is 19.8. The smallest absolute Gasteiger partial charge is 0.274 e. The van der Waals surface area contributed by atoms with Gasteiger partial charge in [0.2, 0.25) is 0 Å². The third kappa shape index (κ3) is 3.32. The predicted molar refractivity (Wildman–Crippen MR) is 129 cm³/mol. The Kier molecular flexibility index (Phi) is 5.03. The average molecular weight is 448 g/mol. The Balaban J connectivity index is 1.66. The number of piperidine rings is 1. The van der Waals surface area contributed by atoms with Gasteiger partial charge in [0.05, 0.1) is 18.3 Å². The van der Waals surface area contributed by atoms with Crippen LogP contribution in [0.1, 0.15) is 30.1 Å².